The maximum Gasteiger partial charge on any atom is 0.271 e. The van der Waals surface area contributed by atoms with Gasteiger partial charge in [-0.15, -0.1) is 0 Å². The van der Waals surface area contributed by atoms with Gasteiger partial charge in [-0.1, -0.05) is 45.0 Å². The molecule has 3 aromatic rings. The lowest BCUT2D eigenvalue weighted by Crippen LogP contribution is -2.17. The summed E-state index contributed by atoms with van der Waals surface area (Å²) < 4.78 is 5.85. The molecule has 3 aromatic carbocycles. The Morgan fingerprint density at radius 3 is 2.20 bits per heavy atom. The number of ether oxygens (including phenoxy) is 1. The van der Waals surface area contributed by atoms with E-state index in [9.17, 15) is 9.90 Å². The molecule has 0 aliphatic carbocycles. The Morgan fingerprint density at radius 2 is 1.60 bits per heavy atom. The third-order valence-electron chi connectivity index (χ3n) is 4.61. The highest BCUT2D eigenvalue weighted by Gasteiger charge is 2.12. The molecule has 0 aliphatic heterocycles. The first kappa shape index (κ1) is 21.1. The van der Waals surface area contributed by atoms with Crippen LogP contribution in [0.15, 0.2) is 77.9 Å². The minimum Gasteiger partial charge on any atom is -0.508 e. The summed E-state index contributed by atoms with van der Waals surface area (Å²) in [4.78, 5) is 12.0. The van der Waals surface area contributed by atoms with Gasteiger partial charge in [-0.25, -0.2) is 5.43 Å². The monoisotopic (exact) mass is 402 g/mol. The molecule has 0 fully saturated rings. The molecule has 0 bridgehead atoms. The van der Waals surface area contributed by atoms with Crippen LogP contribution in [-0.2, 0) is 12.0 Å². The fourth-order valence-corrected chi connectivity index (χ4v) is 2.76. The third kappa shape index (κ3) is 5.95. The van der Waals surface area contributed by atoms with Gasteiger partial charge in [0.05, 0.1) is 6.21 Å². The molecule has 0 aromatic heterocycles. The molecule has 0 unspecified atom stereocenters. The minimum absolute atomic E-state index is 0.110. The quantitative estimate of drug-likeness (QED) is 0.449. The number of hydrogen-bond donors (Lipinski definition) is 2. The maximum atomic E-state index is 12.0. The topological polar surface area (TPSA) is 70.9 Å². The number of carbonyl (C=O) groups is 1. The third-order valence-corrected chi connectivity index (χ3v) is 4.61. The van der Waals surface area contributed by atoms with Gasteiger partial charge in [0, 0.05) is 5.56 Å². The lowest BCUT2D eigenvalue weighted by atomic mass is 9.87. The van der Waals surface area contributed by atoms with E-state index in [2.05, 4.69) is 55.6 Å². The van der Waals surface area contributed by atoms with Crippen LogP contribution in [0, 0.1) is 0 Å². The zero-order valence-electron chi connectivity index (χ0n) is 17.4. The van der Waals surface area contributed by atoms with E-state index in [1.165, 1.54) is 29.8 Å². The van der Waals surface area contributed by atoms with Crippen molar-refractivity contribution in [1.29, 1.82) is 0 Å². The molecule has 5 heteroatoms. The Hall–Kier alpha value is -3.60. The standard InChI is InChI=1S/C25H26N2O3/c1-25(2,3)21-10-4-19(5-11-21)17-30-23-14-6-18(7-15-23)16-26-27-24(29)20-8-12-22(28)13-9-20/h4-16,28H,17H2,1-3H3,(H,27,29)/b26-16+. The van der Waals surface area contributed by atoms with Crippen molar-refractivity contribution in [2.75, 3.05) is 0 Å². The average Bonchev–Trinajstić information content (AvgIpc) is 2.73. The molecule has 0 atom stereocenters. The van der Waals surface area contributed by atoms with Gasteiger partial charge in [-0.05, 0) is 70.6 Å². The van der Waals surface area contributed by atoms with Crippen LogP contribution in [-0.4, -0.2) is 17.2 Å². The van der Waals surface area contributed by atoms with Crippen LogP contribution in [0.1, 0.15) is 47.8 Å². The maximum absolute atomic E-state index is 12.0. The van der Waals surface area contributed by atoms with Crippen molar-refractivity contribution >= 4 is 12.1 Å². The first-order valence-electron chi connectivity index (χ1n) is 9.76. The molecule has 0 saturated carbocycles. The fraction of sp³-hybridized carbons (Fsp3) is 0.200. The van der Waals surface area contributed by atoms with Gasteiger partial charge in [0.25, 0.3) is 5.91 Å². The number of rotatable bonds is 6. The van der Waals surface area contributed by atoms with Crippen molar-refractivity contribution in [1.82, 2.24) is 5.43 Å². The van der Waals surface area contributed by atoms with Gasteiger partial charge < -0.3 is 9.84 Å². The Labute approximate surface area is 177 Å². The zero-order chi connectivity index (χ0) is 21.6. The molecular weight excluding hydrogens is 376 g/mol. The number of carbonyl (C=O) groups excluding carboxylic acids is 1. The summed E-state index contributed by atoms with van der Waals surface area (Å²) in [6.07, 6.45) is 1.56. The van der Waals surface area contributed by atoms with Crippen molar-refractivity contribution in [2.45, 2.75) is 32.8 Å². The number of nitrogens with zero attached hydrogens (tertiary/aromatic N) is 1. The number of phenolic OH excluding ortho intramolecular Hbond substituents is 1. The van der Waals surface area contributed by atoms with Crippen LogP contribution >= 0.6 is 0 Å². The SMILES string of the molecule is CC(C)(C)c1ccc(COc2ccc(/C=N/NC(=O)c3ccc(O)cc3)cc2)cc1. The van der Waals surface area contributed by atoms with Crippen molar-refractivity contribution in [3.63, 3.8) is 0 Å². The van der Waals surface area contributed by atoms with E-state index in [0.29, 0.717) is 12.2 Å². The van der Waals surface area contributed by atoms with Crippen LogP contribution in [0.3, 0.4) is 0 Å². The molecule has 2 N–H and O–H groups in total. The predicted octanol–water partition coefficient (Wildman–Crippen LogP) is 5.03. The number of nitrogens with one attached hydrogen (secondary N) is 1. The smallest absolute Gasteiger partial charge is 0.271 e. The highest BCUT2D eigenvalue weighted by Crippen LogP contribution is 2.22. The molecule has 0 aliphatic rings. The summed E-state index contributed by atoms with van der Waals surface area (Å²) in [5.74, 6) is 0.531. The molecule has 1 amide bonds. The van der Waals surface area contributed by atoms with E-state index >= 15 is 0 Å². The van der Waals surface area contributed by atoms with Crippen LogP contribution in [0.4, 0.5) is 0 Å². The number of hydrazone groups is 1. The van der Waals surface area contributed by atoms with E-state index in [1.807, 2.05) is 24.3 Å². The Bertz CT molecular complexity index is 1000. The van der Waals surface area contributed by atoms with Crippen molar-refractivity contribution in [3.8, 4) is 11.5 Å². The lowest BCUT2D eigenvalue weighted by molar-refractivity contribution is 0.0955. The summed E-state index contributed by atoms with van der Waals surface area (Å²) in [6, 6.07) is 21.9. The molecular formula is C25H26N2O3. The summed E-state index contributed by atoms with van der Waals surface area (Å²) in [5, 5.41) is 13.2. The van der Waals surface area contributed by atoms with E-state index in [1.54, 1.807) is 6.21 Å². The molecule has 5 nitrogen and oxygen atoms in total. The van der Waals surface area contributed by atoms with E-state index < -0.39 is 0 Å². The van der Waals surface area contributed by atoms with E-state index in [4.69, 9.17) is 4.74 Å². The molecule has 0 heterocycles. The zero-order valence-corrected chi connectivity index (χ0v) is 17.4. The number of benzene rings is 3. The molecule has 0 spiro atoms. The van der Waals surface area contributed by atoms with Gasteiger partial charge in [0.1, 0.15) is 18.1 Å². The lowest BCUT2D eigenvalue weighted by Gasteiger charge is -2.19. The second-order valence-corrected chi connectivity index (χ2v) is 8.05. The molecule has 0 saturated heterocycles. The van der Waals surface area contributed by atoms with E-state index in [-0.39, 0.29) is 17.1 Å². The van der Waals surface area contributed by atoms with Gasteiger partial charge in [-0.2, -0.15) is 5.10 Å². The van der Waals surface area contributed by atoms with Crippen LogP contribution < -0.4 is 10.2 Å². The fourth-order valence-electron chi connectivity index (χ4n) is 2.76. The molecule has 3 rings (SSSR count). The minimum atomic E-state index is -0.344. The van der Waals surface area contributed by atoms with Crippen molar-refractivity contribution < 1.29 is 14.6 Å². The highest BCUT2D eigenvalue weighted by atomic mass is 16.5. The van der Waals surface area contributed by atoms with Crippen molar-refractivity contribution in [2.24, 2.45) is 5.10 Å². The largest absolute Gasteiger partial charge is 0.508 e. The molecule has 30 heavy (non-hydrogen) atoms. The second kappa shape index (κ2) is 9.27. The van der Waals surface area contributed by atoms with Gasteiger partial charge in [0.2, 0.25) is 0 Å². The summed E-state index contributed by atoms with van der Waals surface area (Å²) in [7, 11) is 0. The first-order chi connectivity index (χ1) is 14.3. The highest BCUT2D eigenvalue weighted by molar-refractivity contribution is 5.94. The Morgan fingerprint density at radius 1 is 0.967 bits per heavy atom. The molecule has 0 radical (unpaired) electrons. The van der Waals surface area contributed by atoms with Crippen molar-refractivity contribution in [3.05, 3.63) is 95.1 Å². The van der Waals surface area contributed by atoms with E-state index in [0.717, 1.165) is 16.9 Å². The number of aromatic hydroxyl groups is 1. The summed E-state index contributed by atoms with van der Waals surface area (Å²) in [5.41, 5.74) is 6.27. The molecule has 154 valence electrons. The Kier molecular flexibility index (Phi) is 6.52. The normalized spacial score (nSPS) is 11.4. The number of amides is 1. The Balaban J connectivity index is 1.50. The van der Waals surface area contributed by atoms with Crippen LogP contribution in [0.5, 0.6) is 11.5 Å². The average molecular weight is 402 g/mol. The van der Waals surface area contributed by atoms with Crippen LogP contribution in [0.2, 0.25) is 0 Å². The second-order valence-electron chi connectivity index (χ2n) is 8.05. The summed E-state index contributed by atoms with van der Waals surface area (Å²) in [6.45, 7) is 7.09. The first-order valence-corrected chi connectivity index (χ1v) is 9.76. The van der Waals surface area contributed by atoms with Crippen LogP contribution in [0.25, 0.3) is 0 Å². The predicted molar refractivity (Wildman–Crippen MR) is 119 cm³/mol. The number of phenols is 1. The number of hydrogen-bond acceptors (Lipinski definition) is 4. The summed E-state index contributed by atoms with van der Waals surface area (Å²) >= 11 is 0. The van der Waals surface area contributed by atoms with Gasteiger partial charge >= 0.3 is 0 Å². The van der Waals surface area contributed by atoms with Gasteiger partial charge in [-0.3, -0.25) is 4.79 Å². The van der Waals surface area contributed by atoms with Gasteiger partial charge in [0.15, 0.2) is 0 Å².